The molecule has 1 aromatic rings. The molecule has 8 heavy (non-hydrogen) atoms. The first kappa shape index (κ1) is 4.76. The highest BCUT2D eigenvalue weighted by atomic mass is 16.2. The minimum absolute atomic E-state index is 0.0880. The number of nitrogens with two attached hydrogens (primary N) is 1. The molecule has 0 amide bonds. The number of hydrogen-bond donors (Lipinski definition) is 2. The van der Waals surface area contributed by atoms with Crippen LogP contribution >= 0.6 is 0 Å². The van der Waals surface area contributed by atoms with Crippen LogP contribution in [-0.2, 0) is 0 Å². The van der Waals surface area contributed by atoms with E-state index in [1.807, 2.05) is 0 Å². The number of anilines is 1. The summed E-state index contributed by atoms with van der Waals surface area (Å²) in [5.74, 6) is 0.0880. The molecule has 0 aliphatic carbocycles. The van der Waals surface area contributed by atoms with Gasteiger partial charge in [0, 0.05) is 0 Å². The Morgan fingerprint density at radius 2 is 2.38 bits per heavy atom. The van der Waals surface area contributed by atoms with Gasteiger partial charge in [-0.15, -0.1) is 0 Å². The first-order valence-corrected chi connectivity index (χ1v) is 1.96. The second-order valence-electron chi connectivity index (χ2n) is 1.19. The maximum atomic E-state index is 10.2. The molecule has 5 nitrogen and oxygen atoms in total. The van der Waals surface area contributed by atoms with Crippen molar-refractivity contribution in [2.24, 2.45) is 0 Å². The summed E-state index contributed by atoms with van der Waals surface area (Å²) in [6, 6.07) is 0. The second-order valence-corrected chi connectivity index (χ2v) is 1.19. The Bertz CT molecular complexity index is 229. The topological polar surface area (TPSA) is 84.7 Å². The Morgan fingerprint density at radius 1 is 1.62 bits per heavy atom. The van der Waals surface area contributed by atoms with Crippen LogP contribution in [-0.4, -0.2) is 15.0 Å². The van der Waals surface area contributed by atoms with Crippen molar-refractivity contribution in [3.8, 4) is 0 Å². The monoisotopic (exact) mass is 116 g/mol. The lowest BCUT2D eigenvalue weighted by Gasteiger charge is -1.83. The summed E-state index contributed by atoms with van der Waals surface area (Å²) < 4.78 is 0. The molecule has 0 bridgehead atoms. The molecule has 0 saturated heterocycles. The number of nitrogens with one attached hydrogen (secondary N) is 1. The van der Waals surface area contributed by atoms with E-state index in [-0.39, 0.29) is 5.95 Å². The van der Waals surface area contributed by atoms with E-state index < -0.39 is 5.69 Å². The maximum absolute atomic E-state index is 10.2. The quantitative estimate of drug-likeness (QED) is 0.414. The number of H-pyrrole nitrogens is 1. The first-order valence-electron chi connectivity index (χ1n) is 1.96. The molecule has 0 unspecified atom stereocenters. The highest BCUT2D eigenvalue weighted by Gasteiger charge is 1.82. The van der Waals surface area contributed by atoms with Crippen LogP contribution in [0.4, 0.5) is 5.95 Å². The summed E-state index contributed by atoms with van der Waals surface area (Å²) in [5, 5.41) is 0. The minimum atomic E-state index is -0.475. The maximum Gasteiger partial charge on any atom is 0.349 e. The van der Waals surface area contributed by atoms with E-state index in [9.17, 15) is 4.79 Å². The number of rotatable bonds is 0. The van der Waals surface area contributed by atoms with Gasteiger partial charge >= 0.3 is 5.69 Å². The highest BCUT2D eigenvalue weighted by molar-refractivity contribution is 5.08. The van der Waals surface area contributed by atoms with Crippen molar-refractivity contribution in [1.29, 1.82) is 0 Å². The molecule has 0 atom stereocenters. The fourth-order valence-corrected chi connectivity index (χ4v) is 0.318. The fourth-order valence-electron chi connectivity index (χ4n) is 0.318. The Kier molecular flexibility index (Phi) is 0.957. The number of nitrogens with zero attached hydrogens (tertiary/aromatic N) is 2. The average Bonchev–Trinajstić information content (AvgIpc) is 1.64. The minimum Gasteiger partial charge on any atom is -0.369 e. The summed E-state index contributed by atoms with van der Waals surface area (Å²) in [7, 11) is 0. The van der Waals surface area contributed by atoms with Crippen molar-refractivity contribution < 1.29 is 0 Å². The summed E-state index contributed by atoms with van der Waals surface area (Å²) in [6.07, 6.45) is 1.11. The van der Waals surface area contributed by atoms with Gasteiger partial charge in [-0.2, -0.15) is 4.98 Å². The lowest BCUT2D eigenvalue weighted by molar-refractivity contribution is 1.000. The molecule has 5 heteroatoms. The van der Waals surface area contributed by atoms with Crippen LogP contribution in [0.15, 0.2) is 11.1 Å². The van der Waals surface area contributed by atoms with Crippen molar-refractivity contribution in [2.45, 2.75) is 0 Å². The van der Waals surface area contributed by atoms with Gasteiger partial charge in [-0.3, -0.25) is 4.98 Å². The molecule has 0 fully saturated rings. The predicted octanol–water partition coefficient (Wildman–Crippen LogP) is -1.25. The van der Waals surface area contributed by atoms with Crippen LogP contribution in [0.5, 0.6) is 0 Å². The van der Waals surface area contributed by atoms with E-state index in [4.69, 9.17) is 5.73 Å². The Hall–Kier alpha value is -1.39. The number of hydrogen-bond acceptors (Lipinski definition) is 4. The van der Waals surface area contributed by atoms with E-state index in [1.54, 1.807) is 0 Å². The zero-order chi connectivity index (χ0) is 5.98. The first-order chi connectivity index (χ1) is 3.79. The number of aromatic nitrogens is 3. The predicted molar refractivity (Wildman–Crippen MR) is 27.1 cm³/mol. The molecule has 0 radical (unpaired) electrons. The zero-order valence-electron chi connectivity index (χ0n) is 3.96. The molecule has 0 saturated carbocycles. The third-order valence-corrected chi connectivity index (χ3v) is 0.607. The van der Waals surface area contributed by atoms with Gasteiger partial charge in [0.25, 0.3) is 0 Å². The third-order valence-electron chi connectivity index (χ3n) is 0.607. The molecule has 0 spiro atoms. The van der Waals surface area contributed by atoms with Gasteiger partial charge in [0.2, 0.25) is 5.95 Å². The van der Waals surface area contributed by atoms with Crippen molar-refractivity contribution in [1.82, 2.24) is 15.0 Å². The molecule has 1 heterocycles. The van der Waals surface area contributed by atoms with Gasteiger partial charge in [0.05, 0.1) is 0 Å². The molecular formula is C3H4N4O. The summed E-state index contributed by atoms with van der Waals surface area (Å²) >= 11 is 0. The lowest BCUT2D eigenvalue weighted by Crippen LogP contribution is -2.12. The molecule has 3 N–H and O–H groups in total. The van der Waals surface area contributed by atoms with Gasteiger partial charge in [-0.05, 0) is 0 Å². The van der Waals surface area contributed by atoms with Crippen LogP contribution in [0.3, 0.4) is 0 Å². The summed E-state index contributed by atoms with van der Waals surface area (Å²) in [5.41, 5.74) is 4.58. The molecule has 42 valence electrons. The molecule has 1 rings (SSSR count). The van der Waals surface area contributed by atoms with Crippen LogP contribution in [0.2, 0.25) is 0 Å². The molecular weight excluding hydrogens is 112 g/mol. The molecule has 1 aromatic heterocycles. The van der Waals surface area contributed by atoms with E-state index in [0.717, 1.165) is 6.33 Å². The van der Waals surface area contributed by atoms with Crippen molar-refractivity contribution in [3.63, 3.8) is 0 Å². The SMILES string of the molecule is [15NH2]c1[15n]c[15n]c(=O)[15nH]1. The van der Waals surface area contributed by atoms with E-state index in [1.165, 1.54) is 0 Å². The Labute approximate surface area is 44.6 Å². The van der Waals surface area contributed by atoms with Gasteiger partial charge in [-0.1, -0.05) is 0 Å². The third kappa shape index (κ3) is 0.810. The fraction of sp³-hybridized carbons (Fsp3) is 0. The summed E-state index contributed by atoms with van der Waals surface area (Å²) in [6.45, 7) is 0. The van der Waals surface area contributed by atoms with Crippen molar-refractivity contribution >= 4 is 5.95 Å². The molecule has 0 aliphatic rings. The highest BCUT2D eigenvalue weighted by Crippen LogP contribution is 1.73. The van der Waals surface area contributed by atoms with Gasteiger partial charge in [0.1, 0.15) is 6.33 Å². The summed E-state index contributed by atoms with van der Waals surface area (Å²) in [4.78, 5) is 19.1. The zero-order valence-corrected chi connectivity index (χ0v) is 3.96. The standard InChI is InChI=1S/C3H4N4O/c4-2-5-1-6-3(8)7-2/h1H,(H3,4,5,6,7,8)/i4+1,5+1,6+1,7+1. The lowest BCUT2D eigenvalue weighted by atomic mass is 11.2. The second kappa shape index (κ2) is 1.61. The Morgan fingerprint density at radius 3 is 2.75 bits per heavy atom. The number of nitrogen functional groups attached to an aromatic ring is 1. The Balaban J connectivity index is 3.28. The van der Waals surface area contributed by atoms with E-state index in [2.05, 4.69) is 15.0 Å². The van der Waals surface area contributed by atoms with E-state index in [0.29, 0.717) is 0 Å². The van der Waals surface area contributed by atoms with Crippen LogP contribution in [0.25, 0.3) is 0 Å². The average molecular weight is 116 g/mol. The smallest absolute Gasteiger partial charge is 0.349 e. The van der Waals surface area contributed by atoms with Gasteiger partial charge < -0.3 is 5.73 Å². The van der Waals surface area contributed by atoms with E-state index >= 15 is 0 Å². The van der Waals surface area contributed by atoms with Crippen molar-refractivity contribution in [2.75, 3.05) is 5.73 Å². The van der Waals surface area contributed by atoms with Gasteiger partial charge in [0.15, 0.2) is 0 Å². The van der Waals surface area contributed by atoms with Gasteiger partial charge in [-0.25, -0.2) is 9.78 Å². The van der Waals surface area contributed by atoms with Crippen molar-refractivity contribution in [3.05, 3.63) is 16.8 Å². The van der Waals surface area contributed by atoms with Crippen LogP contribution in [0.1, 0.15) is 0 Å². The van der Waals surface area contributed by atoms with Crippen LogP contribution < -0.4 is 11.4 Å². The largest absolute Gasteiger partial charge is 0.369 e. The molecule has 0 aromatic carbocycles. The number of aromatic amines is 1. The normalized spacial score (nSPS) is 9.00. The molecule has 0 aliphatic heterocycles. The van der Waals surface area contributed by atoms with Crippen LogP contribution in [0, 0.1) is 0 Å².